The molecule has 0 heterocycles. The largest absolute Gasteiger partial charge is 0.295 e. The van der Waals surface area contributed by atoms with Crippen molar-refractivity contribution in [1.29, 1.82) is 0 Å². The van der Waals surface area contributed by atoms with Crippen molar-refractivity contribution >= 4 is 5.78 Å². The van der Waals surface area contributed by atoms with Crippen LogP contribution in [0.2, 0.25) is 0 Å². The van der Waals surface area contributed by atoms with Gasteiger partial charge in [-0.1, -0.05) is 47.6 Å². The van der Waals surface area contributed by atoms with Crippen LogP contribution in [0.5, 0.6) is 0 Å². The topological polar surface area (TPSA) is 17.1 Å². The van der Waals surface area contributed by atoms with E-state index < -0.39 is 0 Å². The second kappa shape index (κ2) is 3.22. The van der Waals surface area contributed by atoms with E-state index in [4.69, 9.17) is 0 Å². The van der Waals surface area contributed by atoms with Crippen molar-refractivity contribution in [3.8, 4) is 0 Å². The molecular weight excluding hydrogens is 172 g/mol. The summed E-state index contributed by atoms with van der Waals surface area (Å²) in [5.74, 6) is 0.843. The lowest BCUT2D eigenvalue weighted by molar-refractivity contribution is -0.122. The molecule has 1 aliphatic carbocycles. The summed E-state index contributed by atoms with van der Waals surface area (Å²) in [5, 5.41) is 0. The summed E-state index contributed by atoms with van der Waals surface area (Å²) >= 11 is 0. The maximum Gasteiger partial charge on any atom is 0.159 e. The van der Waals surface area contributed by atoms with Crippen LogP contribution >= 0.6 is 0 Å². The van der Waals surface area contributed by atoms with Gasteiger partial charge in [-0.3, -0.25) is 4.79 Å². The number of carbonyl (C=O) groups is 1. The highest BCUT2D eigenvalue weighted by atomic mass is 16.1. The lowest BCUT2D eigenvalue weighted by Crippen LogP contribution is -2.36. The number of rotatable bonds is 0. The van der Waals surface area contributed by atoms with Crippen molar-refractivity contribution in [2.45, 2.75) is 41.5 Å². The first-order valence-electron chi connectivity index (χ1n) is 5.36. The first-order chi connectivity index (χ1) is 6.14. The molecule has 2 atom stereocenters. The maximum absolute atomic E-state index is 11.8. The highest BCUT2D eigenvalue weighted by molar-refractivity contribution is 5.95. The third-order valence-corrected chi connectivity index (χ3v) is 3.07. The molecule has 0 N–H and O–H groups in total. The molecule has 80 valence electrons. The minimum atomic E-state index is 0.0680. The summed E-state index contributed by atoms with van der Waals surface area (Å²) in [6.45, 7) is 13.1. The molecular formula is C13H22O. The van der Waals surface area contributed by atoms with Crippen LogP contribution in [0.4, 0.5) is 0 Å². The lowest BCUT2D eigenvalue weighted by Gasteiger charge is -2.38. The fourth-order valence-corrected chi connectivity index (χ4v) is 2.34. The minimum Gasteiger partial charge on any atom is -0.295 e. The first-order valence-corrected chi connectivity index (χ1v) is 5.36. The molecule has 0 bridgehead atoms. The number of hydrogen-bond acceptors (Lipinski definition) is 1. The van der Waals surface area contributed by atoms with E-state index in [-0.39, 0.29) is 16.7 Å². The van der Waals surface area contributed by atoms with Gasteiger partial charge < -0.3 is 0 Å². The average molecular weight is 194 g/mol. The Balaban J connectivity index is 2.99. The van der Waals surface area contributed by atoms with E-state index in [9.17, 15) is 4.79 Å². The predicted molar refractivity (Wildman–Crippen MR) is 60.0 cm³/mol. The molecule has 0 spiro atoms. The highest BCUT2D eigenvalue weighted by Gasteiger charge is 2.43. The van der Waals surface area contributed by atoms with Crippen molar-refractivity contribution < 1.29 is 4.79 Å². The van der Waals surface area contributed by atoms with Gasteiger partial charge in [-0.25, -0.2) is 0 Å². The fraction of sp³-hybridized carbons (Fsp3) is 0.769. The van der Waals surface area contributed by atoms with Gasteiger partial charge in [0.1, 0.15) is 0 Å². The molecule has 0 aromatic carbocycles. The highest BCUT2D eigenvalue weighted by Crippen LogP contribution is 2.45. The van der Waals surface area contributed by atoms with Crippen LogP contribution in [-0.2, 0) is 4.79 Å². The van der Waals surface area contributed by atoms with E-state index in [2.05, 4.69) is 47.6 Å². The Morgan fingerprint density at radius 1 is 1.00 bits per heavy atom. The normalized spacial score (nSPS) is 28.6. The van der Waals surface area contributed by atoms with Gasteiger partial charge in [-0.05, 0) is 22.8 Å². The van der Waals surface area contributed by atoms with E-state index in [0.717, 1.165) is 0 Å². The van der Waals surface area contributed by atoms with Crippen LogP contribution in [0.15, 0.2) is 12.2 Å². The van der Waals surface area contributed by atoms with E-state index in [1.165, 1.54) is 0 Å². The first kappa shape index (κ1) is 11.5. The smallest absolute Gasteiger partial charge is 0.159 e. The van der Waals surface area contributed by atoms with E-state index >= 15 is 0 Å². The second-order valence-corrected chi connectivity index (χ2v) is 6.50. The van der Waals surface area contributed by atoms with Crippen LogP contribution in [0, 0.1) is 22.7 Å². The summed E-state index contributed by atoms with van der Waals surface area (Å²) in [4.78, 5) is 11.8. The number of carbonyl (C=O) groups excluding carboxylic acids is 1. The summed E-state index contributed by atoms with van der Waals surface area (Å²) in [6, 6.07) is 0. The standard InChI is InChI=1S/C13H22O/c1-12(2,3)9-7-8-10(14)11(9)13(4,5)6/h7-9,11H,1-6H3. The van der Waals surface area contributed by atoms with Gasteiger partial charge in [0.05, 0.1) is 0 Å². The molecule has 0 saturated carbocycles. The van der Waals surface area contributed by atoms with Crippen LogP contribution in [0.1, 0.15) is 41.5 Å². The zero-order valence-electron chi connectivity index (χ0n) is 10.2. The van der Waals surface area contributed by atoms with Crippen LogP contribution in [0.25, 0.3) is 0 Å². The third-order valence-electron chi connectivity index (χ3n) is 3.07. The Morgan fingerprint density at radius 3 is 1.79 bits per heavy atom. The molecule has 0 amide bonds. The third kappa shape index (κ3) is 2.08. The molecule has 0 aliphatic heterocycles. The van der Waals surface area contributed by atoms with Crippen LogP contribution in [-0.4, -0.2) is 5.78 Å². The maximum atomic E-state index is 11.8. The molecule has 14 heavy (non-hydrogen) atoms. The molecule has 0 fully saturated rings. The van der Waals surface area contributed by atoms with Crippen molar-refractivity contribution in [2.24, 2.45) is 22.7 Å². The SMILES string of the molecule is CC(C)(C)C1C=CC(=O)C1C(C)(C)C. The zero-order valence-corrected chi connectivity index (χ0v) is 10.2. The molecule has 1 heteroatoms. The van der Waals surface area contributed by atoms with Crippen molar-refractivity contribution in [3.05, 3.63) is 12.2 Å². The Kier molecular flexibility index (Phi) is 2.64. The monoisotopic (exact) mass is 194 g/mol. The van der Waals surface area contributed by atoms with Crippen molar-refractivity contribution in [1.82, 2.24) is 0 Å². The minimum absolute atomic E-state index is 0.0680. The molecule has 0 aromatic heterocycles. The molecule has 0 radical (unpaired) electrons. The van der Waals surface area contributed by atoms with Gasteiger partial charge in [-0.2, -0.15) is 0 Å². The van der Waals surface area contributed by atoms with E-state index in [0.29, 0.717) is 11.7 Å². The van der Waals surface area contributed by atoms with Crippen molar-refractivity contribution in [3.63, 3.8) is 0 Å². The molecule has 1 rings (SSSR count). The summed E-state index contributed by atoms with van der Waals surface area (Å²) < 4.78 is 0. The number of ketones is 1. The fourth-order valence-electron chi connectivity index (χ4n) is 2.34. The average Bonchev–Trinajstić information content (AvgIpc) is 2.27. The Morgan fingerprint density at radius 2 is 1.50 bits per heavy atom. The molecule has 1 aliphatic rings. The lowest BCUT2D eigenvalue weighted by atomic mass is 9.65. The molecule has 0 aromatic rings. The summed E-state index contributed by atoms with van der Waals surface area (Å²) in [5.41, 5.74) is 0.249. The quantitative estimate of drug-likeness (QED) is 0.577. The van der Waals surface area contributed by atoms with E-state index in [1.807, 2.05) is 0 Å². The zero-order chi connectivity index (χ0) is 11.1. The van der Waals surface area contributed by atoms with E-state index in [1.54, 1.807) is 6.08 Å². The van der Waals surface area contributed by atoms with Gasteiger partial charge in [0.15, 0.2) is 5.78 Å². The Bertz CT molecular complexity index is 260. The van der Waals surface area contributed by atoms with Crippen molar-refractivity contribution in [2.75, 3.05) is 0 Å². The summed E-state index contributed by atoms with van der Waals surface area (Å²) in [6.07, 6.45) is 3.87. The van der Waals surface area contributed by atoms with Gasteiger partial charge in [-0.15, -0.1) is 0 Å². The molecule has 1 nitrogen and oxygen atoms in total. The Hall–Kier alpha value is -0.590. The number of hydrogen-bond donors (Lipinski definition) is 0. The van der Waals surface area contributed by atoms with Crippen LogP contribution < -0.4 is 0 Å². The second-order valence-electron chi connectivity index (χ2n) is 6.50. The summed E-state index contributed by atoms with van der Waals surface area (Å²) in [7, 11) is 0. The van der Waals surface area contributed by atoms with Gasteiger partial charge in [0, 0.05) is 5.92 Å². The molecule has 0 saturated heterocycles. The Labute approximate surface area is 87.6 Å². The number of allylic oxidation sites excluding steroid dienone is 2. The molecule has 2 unspecified atom stereocenters. The van der Waals surface area contributed by atoms with Gasteiger partial charge in [0.25, 0.3) is 0 Å². The predicted octanol–water partition coefficient (Wildman–Crippen LogP) is 3.45. The van der Waals surface area contributed by atoms with Gasteiger partial charge >= 0.3 is 0 Å². The van der Waals surface area contributed by atoms with Crippen LogP contribution in [0.3, 0.4) is 0 Å². The van der Waals surface area contributed by atoms with Gasteiger partial charge in [0.2, 0.25) is 0 Å².